The zero-order chi connectivity index (χ0) is 28.7. The third-order valence-corrected chi connectivity index (χ3v) is 5.86. The van der Waals surface area contributed by atoms with Crippen molar-refractivity contribution in [1.29, 1.82) is 0 Å². The summed E-state index contributed by atoms with van der Waals surface area (Å²) < 4.78 is 69.6. The SMILES string of the molecule is CNC(=O)C1COC2(CN(Cc3cccnc3)C2)CN1CC1CC1.O=C(O)C(F)(F)F.O=C(O)C(F)(F)F. The predicted octanol–water partition coefficient (Wildman–Crippen LogP) is 1.76. The second-order valence-corrected chi connectivity index (χ2v) is 9.11. The number of halogens is 6. The van der Waals surface area contributed by atoms with E-state index in [1.54, 1.807) is 13.2 Å². The predicted molar refractivity (Wildman–Crippen MR) is 118 cm³/mol. The van der Waals surface area contributed by atoms with Crippen LogP contribution in [0.3, 0.4) is 0 Å². The zero-order valence-electron chi connectivity index (χ0n) is 20.3. The maximum Gasteiger partial charge on any atom is 0.490 e. The summed E-state index contributed by atoms with van der Waals surface area (Å²) in [6.07, 6.45) is -3.83. The van der Waals surface area contributed by atoms with Crippen molar-refractivity contribution in [3.05, 3.63) is 30.1 Å². The van der Waals surface area contributed by atoms with Crippen molar-refractivity contribution in [2.75, 3.05) is 39.8 Å². The van der Waals surface area contributed by atoms with Gasteiger partial charge in [-0.15, -0.1) is 0 Å². The number of hydrogen-bond acceptors (Lipinski definition) is 7. The van der Waals surface area contributed by atoms with Crippen LogP contribution < -0.4 is 5.32 Å². The van der Waals surface area contributed by atoms with Crippen molar-refractivity contribution >= 4 is 17.8 Å². The number of aromatic nitrogens is 1. The van der Waals surface area contributed by atoms with E-state index in [4.69, 9.17) is 24.5 Å². The summed E-state index contributed by atoms with van der Waals surface area (Å²) in [4.78, 5) is 38.9. The van der Waals surface area contributed by atoms with Gasteiger partial charge in [0, 0.05) is 52.2 Å². The van der Waals surface area contributed by atoms with Crippen LogP contribution in [-0.2, 0) is 25.7 Å². The average Bonchev–Trinajstić information content (AvgIpc) is 3.62. The lowest BCUT2D eigenvalue weighted by atomic mass is 9.89. The van der Waals surface area contributed by atoms with Crippen LogP contribution in [0.1, 0.15) is 18.4 Å². The van der Waals surface area contributed by atoms with Crippen LogP contribution in [0, 0.1) is 5.92 Å². The Kier molecular flexibility index (Phi) is 10.4. The van der Waals surface area contributed by atoms with E-state index in [0.29, 0.717) is 6.61 Å². The number of nitrogens with one attached hydrogen (secondary N) is 1. The van der Waals surface area contributed by atoms with Gasteiger partial charge in [-0.05, 0) is 30.4 Å². The van der Waals surface area contributed by atoms with Crippen LogP contribution in [-0.4, -0.2) is 107 Å². The Balaban J connectivity index is 0.000000301. The average molecular weight is 558 g/mol. The standard InChI is InChI=1S/C18H26N4O2.2C2HF3O2/c1-19-17(23)16-10-24-18(13-22(16)9-14-4-5-14)11-21(12-18)8-15-3-2-6-20-7-15;2*3-2(4,5)1(6)7/h2-3,6-7,14,16H,4-5,8-13H2,1H3,(H,19,23);2*(H,6,7). The van der Waals surface area contributed by atoms with E-state index in [1.165, 1.54) is 18.4 Å². The molecule has 3 fully saturated rings. The number of pyridine rings is 1. The molecule has 1 spiro atoms. The molecule has 4 rings (SSSR count). The van der Waals surface area contributed by atoms with E-state index in [-0.39, 0.29) is 17.6 Å². The topological polar surface area (TPSA) is 132 Å². The van der Waals surface area contributed by atoms with Crippen molar-refractivity contribution in [3.8, 4) is 0 Å². The first-order valence-corrected chi connectivity index (χ1v) is 11.4. The zero-order valence-corrected chi connectivity index (χ0v) is 20.3. The van der Waals surface area contributed by atoms with Crippen molar-refractivity contribution in [2.45, 2.75) is 43.4 Å². The Labute approximate surface area is 213 Å². The molecule has 1 aromatic heterocycles. The van der Waals surface area contributed by atoms with E-state index >= 15 is 0 Å². The Morgan fingerprint density at radius 2 is 1.63 bits per heavy atom. The molecule has 38 heavy (non-hydrogen) atoms. The van der Waals surface area contributed by atoms with Crippen LogP contribution in [0.25, 0.3) is 0 Å². The van der Waals surface area contributed by atoms with Crippen LogP contribution in [0.2, 0.25) is 0 Å². The van der Waals surface area contributed by atoms with E-state index in [1.807, 2.05) is 12.3 Å². The van der Waals surface area contributed by atoms with Crippen molar-refractivity contribution < 1.29 is 55.7 Å². The molecule has 3 heterocycles. The van der Waals surface area contributed by atoms with Crippen LogP contribution >= 0.6 is 0 Å². The van der Waals surface area contributed by atoms with E-state index in [0.717, 1.165) is 38.6 Å². The maximum atomic E-state index is 12.2. The Bertz CT molecular complexity index is 928. The number of morpholine rings is 1. The molecule has 2 aliphatic heterocycles. The van der Waals surface area contributed by atoms with Gasteiger partial charge in [0.15, 0.2) is 0 Å². The molecular formula is C22H28F6N4O6. The van der Waals surface area contributed by atoms with Gasteiger partial charge in [-0.25, -0.2) is 9.59 Å². The molecule has 0 radical (unpaired) electrons. The first kappa shape index (κ1) is 31.2. The van der Waals surface area contributed by atoms with Gasteiger partial charge in [-0.1, -0.05) is 6.07 Å². The highest BCUT2D eigenvalue weighted by Gasteiger charge is 2.51. The summed E-state index contributed by atoms with van der Waals surface area (Å²) in [5, 5.41) is 17.0. The number of rotatable bonds is 5. The lowest BCUT2D eigenvalue weighted by Gasteiger charge is -2.55. The molecule has 2 saturated heterocycles. The molecule has 1 aliphatic carbocycles. The molecule has 10 nitrogen and oxygen atoms in total. The summed E-state index contributed by atoms with van der Waals surface area (Å²) in [6, 6.07) is 3.96. The van der Waals surface area contributed by atoms with Gasteiger partial charge in [-0.2, -0.15) is 26.3 Å². The largest absolute Gasteiger partial charge is 0.490 e. The molecule has 1 unspecified atom stereocenters. The van der Waals surface area contributed by atoms with Gasteiger partial charge in [0.25, 0.3) is 0 Å². The van der Waals surface area contributed by atoms with Gasteiger partial charge in [-0.3, -0.25) is 19.6 Å². The number of aliphatic carboxylic acids is 2. The van der Waals surface area contributed by atoms with Crippen LogP contribution in [0.15, 0.2) is 24.5 Å². The fourth-order valence-electron chi connectivity index (χ4n) is 3.94. The molecule has 3 N–H and O–H groups in total. The highest BCUT2D eigenvalue weighted by molar-refractivity contribution is 5.81. The van der Waals surface area contributed by atoms with Crippen molar-refractivity contribution in [3.63, 3.8) is 0 Å². The number of alkyl halides is 6. The molecule has 1 amide bonds. The van der Waals surface area contributed by atoms with Gasteiger partial charge in [0.1, 0.15) is 11.6 Å². The summed E-state index contributed by atoms with van der Waals surface area (Å²) in [5.74, 6) is -4.66. The summed E-state index contributed by atoms with van der Waals surface area (Å²) >= 11 is 0. The van der Waals surface area contributed by atoms with Crippen molar-refractivity contribution in [1.82, 2.24) is 20.1 Å². The number of likely N-dealkylation sites (tertiary alicyclic amines) is 1. The Morgan fingerprint density at radius 3 is 2.05 bits per heavy atom. The van der Waals surface area contributed by atoms with Crippen molar-refractivity contribution in [2.24, 2.45) is 5.92 Å². The quantitative estimate of drug-likeness (QED) is 0.463. The molecule has 1 aromatic rings. The fourth-order valence-corrected chi connectivity index (χ4v) is 3.94. The Hall–Kier alpha value is -2.98. The third-order valence-electron chi connectivity index (χ3n) is 5.86. The molecule has 3 aliphatic rings. The number of carboxylic acid groups (broad SMARTS) is 2. The van der Waals surface area contributed by atoms with E-state index in [2.05, 4.69) is 26.2 Å². The second kappa shape index (κ2) is 12.7. The smallest absolute Gasteiger partial charge is 0.475 e. The molecule has 0 bridgehead atoms. The number of nitrogens with zero attached hydrogens (tertiary/aromatic N) is 3. The number of carbonyl (C=O) groups excluding carboxylic acids is 1. The molecule has 0 aromatic carbocycles. The lowest BCUT2D eigenvalue weighted by Crippen LogP contribution is -2.72. The van der Waals surface area contributed by atoms with Crippen LogP contribution in [0.4, 0.5) is 26.3 Å². The summed E-state index contributed by atoms with van der Waals surface area (Å²) in [6.45, 7) is 5.19. The molecule has 1 saturated carbocycles. The van der Waals surface area contributed by atoms with E-state index < -0.39 is 24.3 Å². The van der Waals surface area contributed by atoms with Gasteiger partial charge in [0.2, 0.25) is 5.91 Å². The third kappa shape index (κ3) is 9.72. The minimum Gasteiger partial charge on any atom is -0.475 e. The summed E-state index contributed by atoms with van der Waals surface area (Å²) in [5.41, 5.74) is 1.14. The van der Waals surface area contributed by atoms with Crippen LogP contribution in [0.5, 0.6) is 0 Å². The Morgan fingerprint density at radius 1 is 1.08 bits per heavy atom. The molecule has 214 valence electrons. The number of amides is 1. The highest BCUT2D eigenvalue weighted by atomic mass is 19.4. The lowest BCUT2D eigenvalue weighted by molar-refractivity contribution is -0.203. The van der Waals surface area contributed by atoms with Gasteiger partial charge < -0.3 is 20.3 Å². The van der Waals surface area contributed by atoms with Gasteiger partial charge >= 0.3 is 24.3 Å². The summed E-state index contributed by atoms with van der Waals surface area (Å²) in [7, 11) is 1.71. The number of carboxylic acids is 2. The van der Waals surface area contributed by atoms with E-state index in [9.17, 15) is 31.1 Å². The monoisotopic (exact) mass is 558 g/mol. The fraction of sp³-hybridized carbons (Fsp3) is 0.636. The molecule has 16 heteroatoms. The normalized spacial score (nSPS) is 21.2. The molecular weight excluding hydrogens is 530 g/mol. The highest BCUT2D eigenvalue weighted by Crippen LogP contribution is 2.36. The minimum absolute atomic E-state index is 0.0806. The number of likely N-dealkylation sites (N-methyl/N-ethyl adjacent to an activating group) is 1. The number of hydrogen-bond donors (Lipinski definition) is 3. The minimum atomic E-state index is -5.08. The number of ether oxygens (including phenoxy) is 1. The van der Waals surface area contributed by atoms with Gasteiger partial charge in [0.05, 0.1) is 6.61 Å². The first-order chi connectivity index (χ1) is 17.6. The second-order valence-electron chi connectivity index (χ2n) is 9.11. The maximum absolute atomic E-state index is 12.2. The first-order valence-electron chi connectivity index (χ1n) is 11.4. The molecule has 1 atom stereocenters. The number of carbonyl (C=O) groups is 3.